The van der Waals surface area contributed by atoms with Crippen LogP contribution in [0.1, 0.15) is 70.2 Å². The third kappa shape index (κ3) is 11.0. The van der Waals surface area contributed by atoms with Crippen LogP contribution in [0.4, 0.5) is 13.2 Å². The van der Waals surface area contributed by atoms with Gasteiger partial charge in [0.2, 0.25) is 23.6 Å². The fourth-order valence-electron chi connectivity index (χ4n) is 7.45. The minimum Gasteiger partial charge on any atom is -0.381 e. The van der Waals surface area contributed by atoms with Gasteiger partial charge in [-0.1, -0.05) is 13.3 Å². The fraction of sp³-hybridized carbons (Fsp3) is 0.658. The number of amides is 4. The first-order valence-corrected chi connectivity index (χ1v) is 21.5. The van der Waals surface area contributed by atoms with Crippen molar-refractivity contribution < 1.29 is 37.1 Å². The SMILES string of the molecule is CCCn1cc(-c2cc(F)ccc2F)nc1C(C1CCOCC1)N(CC1CNCC1F)C(=O)CSCCNC(=O)CCCCCN1C(=O)CC(SC)C1=O. The Labute approximate surface area is 324 Å². The Bertz CT molecular complexity index is 1590. The second kappa shape index (κ2) is 20.7. The van der Waals surface area contributed by atoms with Crippen LogP contribution in [0, 0.1) is 23.5 Å². The Kier molecular flexibility index (Phi) is 16.1. The quantitative estimate of drug-likeness (QED) is 0.141. The van der Waals surface area contributed by atoms with E-state index in [1.165, 1.54) is 28.4 Å². The van der Waals surface area contributed by atoms with E-state index in [9.17, 15) is 28.0 Å². The summed E-state index contributed by atoms with van der Waals surface area (Å²) < 4.78 is 52.0. The van der Waals surface area contributed by atoms with E-state index < -0.39 is 29.8 Å². The zero-order valence-electron chi connectivity index (χ0n) is 31.2. The summed E-state index contributed by atoms with van der Waals surface area (Å²) in [5.41, 5.74) is 0.313. The van der Waals surface area contributed by atoms with Crippen molar-refractivity contribution in [2.24, 2.45) is 11.8 Å². The highest BCUT2D eigenvalue weighted by molar-refractivity contribution is 8.00. The van der Waals surface area contributed by atoms with Gasteiger partial charge in [0.25, 0.3) is 0 Å². The van der Waals surface area contributed by atoms with E-state index in [4.69, 9.17) is 9.72 Å². The molecule has 3 saturated heterocycles. The molecular weight excluding hydrogens is 742 g/mol. The number of carbonyl (C=O) groups is 4. The number of nitrogens with one attached hydrogen (secondary N) is 2. The highest BCUT2D eigenvalue weighted by Gasteiger charge is 2.40. The number of carbonyl (C=O) groups excluding carboxylic acids is 4. The highest BCUT2D eigenvalue weighted by atomic mass is 32.2. The predicted octanol–water partition coefficient (Wildman–Crippen LogP) is 4.99. The van der Waals surface area contributed by atoms with Gasteiger partial charge in [-0.2, -0.15) is 23.5 Å². The van der Waals surface area contributed by atoms with Crippen molar-refractivity contribution in [2.45, 2.75) is 82.3 Å². The molecule has 2 N–H and O–H groups in total. The van der Waals surface area contributed by atoms with Crippen molar-refractivity contribution in [3.8, 4) is 11.3 Å². The zero-order chi connectivity index (χ0) is 38.6. The molecule has 11 nitrogen and oxygen atoms in total. The number of nitrogens with zero attached hydrogens (tertiary/aromatic N) is 4. The number of hydrogen-bond donors (Lipinski definition) is 2. The number of ether oxygens (including phenoxy) is 1. The molecule has 3 aliphatic rings. The molecule has 0 bridgehead atoms. The van der Waals surface area contributed by atoms with Crippen molar-refractivity contribution in [3.05, 3.63) is 41.9 Å². The molecule has 0 spiro atoms. The van der Waals surface area contributed by atoms with Crippen LogP contribution >= 0.6 is 23.5 Å². The van der Waals surface area contributed by atoms with Crippen molar-refractivity contribution in [3.63, 3.8) is 0 Å². The van der Waals surface area contributed by atoms with Gasteiger partial charge >= 0.3 is 0 Å². The van der Waals surface area contributed by atoms with Gasteiger partial charge in [-0.15, -0.1) is 0 Å². The number of aryl methyl sites for hydroxylation is 1. The summed E-state index contributed by atoms with van der Waals surface area (Å²) in [6.45, 7) is 5.13. The van der Waals surface area contributed by atoms with E-state index in [1.54, 1.807) is 11.1 Å². The minimum absolute atomic E-state index is 0.0375. The van der Waals surface area contributed by atoms with E-state index in [-0.39, 0.29) is 71.3 Å². The summed E-state index contributed by atoms with van der Waals surface area (Å²) in [4.78, 5) is 59.1. The largest absolute Gasteiger partial charge is 0.381 e. The summed E-state index contributed by atoms with van der Waals surface area (Å²) in [6.07, 6.45) is 7.05. The number of halogens is 3. The third-order valence-corrected chi connectivity index (χ3v) is 12.2. The fourth-order valence-corrected chi connectivity index (χ4v) is 8.82. The number of likely N-dealkylation sites (tertiary alicyclic amines) is 1. The number of imide groups is 1. The van der Waals surface area contributed by atoms with Gasteiger partial charge in [0.1, 0.15) is 23.6 Å². The number of aromatic nitrogens is 2. The lowest BCUT2D eigenvalue weighted by atomic mass is 9.88. The van der Waals surface area contributed by atoms with Gasteiger partial charge in [-0.25, -0.2) is 18.2 Å². The first-order chi connectivity index (χ1) is 26.1. The maximum Gasteiger partial charge on any atom is 0.242 e. The Morgan fingerprint density at radius 1 is 1.13 bits per heavy atom. The van der Waals surface area contributed by atoms with Crippen molar-refractivity contribution in [2.75, 3.05) is 63.7 Å². The summed E-state index contributed by atoms with van der Waals surface area (Å²) in [5, 5.41) is 5.72. The minimum atomic E-state index is -1.12. The van der Waals surface area contributed by atoms with Gasteiger partial charge in [0.05, 0.1) is 22.7 Å². The summed E-state index contributed by atoms with van der Waals surface area (Å²) in [7, 11) is 0. The summed E-state index contributed by atoms with van der Waals surface area (Å²) >= 11 is 2.78. The first-order valence-electron chi connectivity index (χ1n) is 19.1. The topological polar surface area (TPSA) is 126 Å². The standard InChI is InChI=1S/C38H53F3N6O5S2/c1-3-13-45-23-31(28-18-27(39)8-9-29(28)40)44-37(45)36(25-10-15-52-16-11-25)47(22-26-20-42-21-30(26)41)35(50)24-54-17-12-43-33(48)7-5-4-6-14-46-34(49)19-32(53-2)38(46)51/h8-9,18,23,25-26,30,32,36,42H,3-7,10-17,19-22,24H2,1-2H3,(H,43,48). The first kappa shape index (κ1) is 42.1. The lowest BCUT2D eigenvalue weighted by Crippen LogP contribution is -2.46. The molecule has 3 fully saturated rings. The summed E-state index contributed by atoms with van der Waals surface area (Å²) in [6, 6.07) is 2.72. The molecule has 0 radical (unpaired) electrons. The molecule has 4 unspecified atom stereocenters. The predicted molar refractivity (Wildman–Crippen MR) is 205 cm³/mol. The molecule has 2 aromatic rings. The molecule has 54 heavy (non-hydrogen) atoms. The molecule has 16 heteroatoms. The van der Waals surface area contributed by atoms with Crippen LogP contribution in [0.2, 0.25) is 0 Å². The van der Waals surface area contributed by atoms with E-state index in [0.717, 1.165) is 24.6 Å². The van der Waals surface area contributed by atoms with Crippen molar-refractivity contribution in [1.82, 2.24) is 30.0 Å². The monoisotopic (exact) mass is 794 g/mol. The summed E-state index contributed by atoms with van der Waals surface area (Å²) in [5.74, 6) is -1.01. The Hall–Kier alpha value is -3.08. The number of benzene rings is 1. The average molecular weight is 795 g/mol. The van der Waals surface area contributed by atoms with Crippen LogP contribution in [-0.2, 0) is 30.5 Å². The smallest absolute Gasteiger partial charge is 0.242 e. The Morgan fingerprint density at radius 3 is 2.63 bits per heavy atom. The molecular formula is C38H53F3N6O5S2. The van der Waals surface area contributed by atoms with E-state index in [2.05, 4.69) is 10.6 Å². The van der Waals surface area contributed by atoms with Crippen LogP contribution in [0.5, 0.6) is 0 Å². The number of alkyl halides is 1. The molecule has 4 atom stereocenters. The number of thioether (sulfide) groups is 2. The lowest BCUT2D eigenvalue weighted by Gasteiger charge is -2.40. The molecule has 3 aliphatic heterocycles. The van der Waals surface area contributed by atoms with Crippen molar-refractivity contribution >= 4 is 47.2 Å². The van der Waals surface area contributed by atoms with Gasteiger partial charge in [0.15, 0.2) is 0 Å². The molecule has 1 aromatic carbocycles. The van der Waals surface area contributed by atoms with Gasteiger partial charge < -0.3 is 24.8 Å². The average Bonchev–Trinajstić information content (AvgIpc) is 3.85. The molecule has 4 heterocycles. The zero-order valence-corrected chi connectivity index (χ0v) is 32.8. The number of unbranched alkanes of at least 4 members (excludes halogenated alkanes) is 2. The van der Waals surface area contributed by atoms with E-state index in [1.807, 2.05) is 17.7 Å². The van der Waals surface area contributed by atoms with Crippen LogP contribution in [0.15, 0.2) is 24.4 Å². The van der Waals surface area contributed by atoms with Crippen LogP contribution < -0.4 is 10.6 Å². The van der Waals surface area contributed by atoms with Gasteiger partial charge in [-0.3, -0.25) is 24.1 Å². The van der Waals surface area contributed by atoms with Crippen LogP contribution in [0.3, 0.4) is 0 Å². The molecule has 0 saturated carbocycles. The van der Waals surface area contributed by atoms with Crippen molar-refractivity contribution in [1.29, 1.82) is 0 Å². The molecule has 298 valence electrons. The lowest BCUT2D eigenvalue weighted by molar-refractivity contribution is -0.138. The number of rotatable bonds is 20. The third-order valence-electron chi connectivity index (χ3n) is 10.4. The van der Waals surface area contributed by atoms with E-state index >= 15 is 4.39 Å². The maximum absolute atomic E-state index is 15.1. The normalized spacial score (nSPS) is 21.2. The Balaban J connectivity index is 1.21. The van der Waals surface area contributed by atoms with Gasteiger partial charge in [-0.05, 0) is 62.5 Å². The highest BCUT2D eigenvalue weighted by Crippen LogP contribution is 2.38. The van der Waals surface area contributed by atoms with E-state index in [0.29, 0.717) is 89.5 Å². The second-order valence-electron chi connectivity index (χ2n) is 14.2. The molecule has 1 aromatic heterocycles. The number of imidazole rings is 1. The molecule has 0 aliphatic carbocycles. The van der Waals surface area contributed by atoms with Crippen LogP contribution in [0.25, 0.3) is 11.3 Å². The molecule has 4 amide bonds. The van der Waals surface area contributed by atoms with Crippen LogP contribution in [-0.4, -0.2) is 118 Å². The molecule has 5 rings (SSSR count). The number of hydrogen-bond acceptors (Lipinski definition) is 9. The second-order valence-corrected chi connectivity index (χ2v) is 16.3. The van der Waals surface area contributed by atoms with Gasteiger partial charge in [0, 0.05) is 88.8 Å². The maximum atomic E-state index is 15.1. The Morgan fingerprint density at radius 2 is 1.93 bits per heavy atom.